The van der Waals surface area contributed by atoms with E-state index in [-0.39, 0.29) is 5.91 Å². The summed E-state index contributed by atoms with van der Waals surface area (Å²) in [6, 6.07) is 6.98. The standard InChI is InChI=1S/C18H25ClN2O3/c1-18(2,3)24-17(23)21-11-7-10-15(21)16(22)20(4)12-13-8-5-6-9-14(13)19/h5-6,8-9,15H,7,10-12H2,1-4H3/t15-/m1/s1. The Morgan fingerprint density at radius 1 is 1.33 bits per heavy atom. The second-order valence-electron chi connectivity index (χ2n) is 7.12. The number of nitrogens with zero attached hydrogens (tertiary/aromatic N) is 2. The van der Waals surface area contributed by atoms with Crippen LogP contribution in [0, 0.1) is 0 Å². The van der Waals surface area contributed by atoms with Crippen LogP contribution in [0.3, 0.4) is 0 Å². The number of likely N-dealkylation sites (tertiary alicyclic amines) is 1. The minimum atomic E-state index is -0.573. The van der Waals surface area contributed by atoms with Crippen molar-refractivity contribution in [3.8, 4) is 0 Å². The van der Waals surface area contributed by atoms with Gasteiger partial charge in [-0.1, -0.05) is 29.8 Å². The first-order valence-corrected chi connectivity index (χ1v) is 8.55. The third-order valence-corrected chi connectivity index (χ3v) is 4.28. The summed E-state index contributed by atoms with van der Waals surface area (Å²) >= 11 is 6.16. The maximum Gasteiger partial charge on any atom is 0.410 e. The van der Waals surface area contributed by atoms with E-state index in [4.69, 9.17) is 16.3 Å². The molecule has 0 spiro atoms. The van der Waals surface area contributed by atoms with Gasteiger partial charge >= 0.3 is 6.09 Å². The molecule has 1 saturated heterocycles. The molecule has 0 aromatic heterocycles. The van der Waals surface area contributed by atoms with Gasteiger partial charge in [-0.3, -0.25) is 9.69 Å². The predicted octanol–water partition coefficient (Wildman–Crippen LogP) is 3.70. The largest absolute Gasteiger partial charge is 0.444 e. The third kappa shape index (κ3) is 4.63. The lowest BCUT2D eigenvalue weighted by molar-refractivity contribution is -0.135. The summed E-state index contributed by atoms with van der Waals surface area (Å²) in [7, 11) is 1.73. The summed E-state index contributed by atoms with van der Waals surface area (Å²) in [4.78, 5) is 28.3. The van der Waals surface area contributed by atoms with Gasteiger partial charge in [0.05, 0.1) is 0 Å². The number of hydrogen-bond acceptors (Lipinski definition) is 3. The molecule has 0 radical (unpaired) electrons. The molecule has 1 aromatic carbocycles. The summed E-state index contributed by atoms with van der Waals surface area (Å²) < 4.78 is 5.41. The molecule has 1 aliphatic rings. The summed E-state index contributed by atoms with van der Waals surface area (Å²) in [6.45, 7) is 6.42. The normalized spacial score (nSPS) is 17.7. The zero-order chi connectivity index (χ0) is 17.9. The summed E-state index contributed by atoms with van der Waals surface area (Å²) in [5.41, 5.74) is 0.313. The van der Waals surface area contributed by atoms with Gasteiger partial charge in [0.15, 0.2) is 0 Å². The van der Waals surface area contributed by atoms with E-state index in [2.05, 4.69) is 0 Å². The van der Waals surface area contributed by atoms with Crippen LogP contribution in [0.25, 0.3) is 0 Å². The Balaban J connectivity index is 2.04. The number of likely N-dealkylation sites (N-methyl/N-ethyl adjacent to an activating group) is 1. The van der Waals surface area contributed by atoms with Crippen LogP contribution in [-0.2, 0) is 16.1 Å². The molecule has 2 amide bonds. The highest BCUT2D eigenvalue weighted by molar-refractivity contribution is 6.31. The van der Waals surface area contributed by atoms with Crippen molar-refractivity contribution >= 4 is 23.6 Å². The topological polar surface area (TPSA) is 49.9 Å². The minimum Gasteiger partial charge on any atom is -0.444 e. The van der Waals surface area contributed by atoms with Gasteiger partial charge in [-0.15, -0.1) is 0 Å². The summed E-state index contributed by atoms with van der Waals surface area (Å²) in [6.07, 6.45) is 1.03. The van der Waals surface area contributed by atoms with E-state index in [1.807, 2.05) is 39.0 Å². The fourth-order valence-corrected chi connectivity index (χ4v) is 2.97. The SMILES string of the molecule is CN(Cc1ccccc1Cl)C(=O)[C@H]1CCCN1C(=O)OC(C)(C)C. The van der Waals surface area contributed by atoms with Crippen molar-refractivity contribution in [1.82, 2.24) is 9.80 Å². The van der Waals surface area contributed by atoms with Crippen LogP contribution in [0.15, 0.2) is 24.3 Å². The first kappa shape index (κ1) is 18.6. The van der Waals surface area contributed by atoms with Gasteiger partial charge in [0.2, 0.25) is 5.91 Å². The van der Waals surface area contributed by atoms with E-state index in [0.717, 1.165) is 12.0 Å². The lowest BCUT2D eigenvalue weighted by Gasteiger charge is -2.30. The van der Waals surface area contributed by atoms with Crippen molar-refractivity contribution < 1.29 is 14.3 Å². The van der Waals surface area contributed by atoms with Crippen molar-refractivity contribution in [2.45, 2.75) is 51.8 Å². The highest BCUT2D eigenvalue weighted by Gasteiger charge is 2.37. The Bertz CT molecular complexity index is 613. The van der Waals surface area contributed by atoms with Crippen LogP contribution in [0.2, 0.25) is 5.02 Å². The average Bonchev–Trinajstić information content (AvgIpc) is 2.96. The van der Waals surface area contributed by atoms with Gasteiger partial charge < -0.3 is 9.64 Å². The van der Waals surface area contributed by atoms with Crippen LogP contribution in [0.5, 0.6) is 0 Å². The second-order valence-corrected chi connectivity index (χ2v) is 7.52. The van der Waals surface area contributed by atoms with Crippen LogP contribution >= 0.6 is 11.6 Å². The van der Waals surface area contributed by atoms with E-state index in [1.54, 1.807) is 18.0 Å². The minimum absolute atomic E-state index is 0.0849. The first-order chi connectivity index (χ1) is 11.2. The summed E-state index contributed by atoms with van der Waals surface area (Å²) in [5.74, 6) is -0.0849. The predicted molar refractivity (Wildman–Crippen MR) is 93.9 cm³/mol. The number of carbonyl (C=O) groups is 2. The Morgan fingerprint density at radius 2 is 2.00 bits per heavy atom. The van der Waals surface area contributed by atoms with Crippen LogP contribution in [-0.4, -0.2) is 47.0 Å². The van der Waals surface area contributed by atoms with Gasteiger partial charge in [-0.2, -0.15) is 0 Å². The molecular weight excluding hydrogens is 328 g/mol. The van der Waals surface area contributed by atoms with Crippen LogP contribution < -0.4 is 0 Å². The Morgan fingerprint density at radius 3 is 2.62 bits per heavy atom. The number of rotatable bonds is 3. The first-order valence-electron chi connectivity index (χ1n) is 8.17. The monoisotopic (exact) mass is 352 g/mol. The Labute approximate surface area is 148 Å². The van der Waals surface area contributed by atoms with Gasteiger partial charge in [-0.05, 0) is 45.2 Å². The van der Waals surface area contributed by atoms with Crippen LogP contribution in [0.1, 0.15) is 39.2 Å². The molecule has 132 valence electrons. The smallest absolute Gasteiger partial charge is 0.410 e. The highest BCUT2D eigenvalue weighted by atomic mass is 35.5. The Hall–Kier alpha value is -1.75. The Kier molecular flexibility index (Phi) is 5.75. The number of benzene rings is 1. The second kappa shape index (κ2) is 7.43. The number of halogens is 1. The molecule has 0 saturated carbocycles. The molecule has 1 heterocycles. The quantitative estimate of drug-likeness (QED) is 0.833. The number of hydrogen-bond donors (Lipinski definition) is 0. The van der Waals surface area contributed by atoms with Crippen molar-refractivity contribution in [3.63, 3.8) is 0 Å². The zero-order valence-corrected chi connectivity index (χ0v) is 15.5. The highest BCUT2D eigenvalue weighted by Crippen LogP contribution is 2.23. The molecule has 1 fully saturated rings. The molecule has 5 nitrogen and oxygen atoms in total. The average molecular weight is 353 g/mol. The van der Waals surface area contributed by atoms with E-state index in [9.17, 15) is 9.59 Å². The van der Waals surface area contributed by atoms with Crippen LogP contribution in [0.4, 0.5) is 4.79 Å². The third-order valence-electron chi connectivity index (χ3n) is 3.91. The zero-order valence-electron chi connectivity index (χ0n) is 14.7. The van der Waals surface area contributed by atoms with Crippen molar-refractivity contribution in [2.75, 3.05) is 13.6 Å². The number of carbonyl (C=O) groups excluding carboxylic acids is 2. The van der Waals surface area contributed by atoms with Crippen molar-refractivity contribution in [1.29, 1.82) is 0 Å². The maximum absolute atomic E-state index is 12.8. The van der Waals surface area contributed by atoms with Crippen molar-refractivity contribution in [2.24, 2.45) is 0 Å². The number of amides is 2. The number of ether oxygens (including phenoxy) is 1. The van der Waals surface area contributed by atoms with Gasteiger partial charge in [-0.25, -0.2) is 4.79 Å². The fourth-order valence-electron chi connectivity index (χ4n) is 2.78. The lowest BCUT2D eigenvalue weighted by Crippen LogP contribution is -2.47. The molecule has 0 aliphatic carbocycles. The molecular formula is C18H25ClN2O3. The molecule has 1 aromatic rings. The lowest BCUT2D eigenvalue weighted by atomic mass is 10.1. The fraction of sp³-hybridized carbons (Fsp3) is 0.556. The maximum atomic E-state index is 12.8. The van der Waals surface area contributed by atoms with E-state index < -0.39 is 17.7 Å². The van der Waals surface area contributed by atoms with Gasteiger partial charge in [0, 0.05) is 25.2 Å². The molecule has 6 heteroatoms. The van der Waals surface area contributed by atoms with Gasteiger partial charge in [0.1, 0.15) is 11.6 Å². The van der Waals surface area contributed by atoms with Gasteiger partial charge in [0.25, 0.3) is 0 Å². The molecule has 1 atom stereocenters. The van der Waals surface area contributed by atoms with E-state index in [1.165, 1.54) is 4.90 Å². The molecule has 0 N–H and O–H groups in total. The molecule has 0 bridgehead atoms. The molecule has 24 heavy (non-hydrogen) atoms. The van der Waals surface area contributed by atoms with E-state index in [0.29, 0.717) is 24.5 Å². The van der Waals surface area contributed by atoms with Crippen molar-refractivity contribution in [3.05, 3.63) is 34.9 Å². The van der Waals surface area contributed by atoms with E-state index >= 15 is 0 Å². The molecule has 0 unspecified atom stereocenters. The summed E-state index contributed by atoms with van der Waals surface area (Å²) in [5, 5.41) is 0.632. The molecule has 1 aliphatic heterocycles. The molecule has 2 rings (SSSR count).